The third-order valence-corrected chi connectivity index (χ3v) is 3.23. The molecule has 1 N–H and O–H groups in total. The van der Waals surface area contributed by atoms with E-state index >= 15 is 0 Å². The average Bonchev–Trinajstić information content (AvgIpc) is 2.79. The number of thioether (sulfide) groups is 1. The molecule has 1 amide bonds. The molecule has 19 heavy (non-hydrogen) atoms. The van der Waals surface area contributed by atoms with Crippen molar-refractivity contribution in [2.45, 2.75) is 13.3 Å². The average molecular weight is 276 g/mol. The van der Waals surface area contributed by atoms with Gasteiger partial charge >= 0.3 is 0 Å². The Bertz CT molecular complexity index is 553. The topological polar surface area (TPSA) is 59.8 Å². The van der Waals surface area contributed by atoms with E-state index in [9.17, 15) is 4.79 Å². The molecule has 0 saturated carbocycles. The fourth-order valence-corrected chi connectivity index (χ4v) is 2.00. The van der Waals surface area contributed by atoms with Crippen molar-refractivity contribution >= 4 is 23.4 Å². The Labute approximate surface area is 116 Å². The van der Waals surface area contributed by atoms with Gasteiger partial charge in [0.1, 0.15) is 0 Å². The molecule has 2 rings (SSSR count). The van der Waals surface area contributed by atoms with Gasteiger partial charge in [0.15, 0.2) is 0 Å². The molecule has 100 valence electrons. The minimum Gasteiger partial charge on any atom is -0.323 e. The Morgan fingerprint density at radius 1 is 1.53 bits per heavy atom. The van der Waals surface area contributed by atoms with Crippen LogP contribution in [-0.4, -0.2) is 32.7 Å². The lowest BCUT2D eigenvalue weighted by molar-refractivity contribution is -0.115. The van der Waals surface area contributed by atoms with E-state index in [2.05, 4.69) is 15.4 Å². The monoisotopic (exact) mass is 276 g/mol. The molecular weight excluding hydrogens is 260 g/mol. The number of nitrogens with zero attached hydrogens (tertiary/aromatic N) is 3. The van der Waals surface area contributed by atoms with Crippen LogP contribution in [-0.2, 0) is 4.79 Å². The van der Waals surface area contributed by atoms with Crippen molar-refractivity contribution in [3.8, 4) is 5.69 Å². The van der Waals surface area contributed by atoms with Crippen molar-refractivity contribution in [1.29, 1.82) is 0 Å². The summed E-state index contributed by atoms with van der Waals surface area (Å²) < 4.78 is 1.71. The molecule has 2 heterocycles. The van der Waals surface area contributed by atoms with Gasteiger partial charge in [-0.1, -0.05) is 0 Å². The van der Waals surface area contributed by atoms with E-state index in [-0.39, 0.29) is 5.91 Å². The number of nitrogens with one attached hydrogen (secondary N) is 1. The number of hydrogen-bond acceptors (Lipinski definition) is 4. The van der Waals surface area contributed by atoms with Crippen LogP contribution in [0, 0.1) is 6.92 Å². The Morgan fingerprint density at radius 2 is 2.37 bits per heavy atom. The number of carbonyl (C=O) groups is 1. The quantitative estimate of drug-likeness (QED) is 0.910. The van der Waals surface area contributed by atoms with Crippen LogP contribution in [0.2, 0.25) is 0 Å². The minimum absolute atomic E-state index is 0.0168. The fourth-order valence-electron chi connectivity index (χ4n) is 1.61. The van der Waals surface area contributed by atoms with Crippen LogP contribution < -0.4 is 5.32 Å². The molecule has 0 atom stereocenters. The zero-order chi connectivity index (χ0) is 13.7. The largest absolute Gasteiger partial charge is 0.323 e. The van der Waals surface area contributed by atoms with Crippen LogP contribution in [0.3, 0.4) is 0 Å². The number of amides is 1. The molecular formula is C13H16N4OS. The lowest BCUT2D eigenvalue weighted by Gasteiger charge is -2.02. The first-order valence-corrected chi connectivity index (χ1v) is 7.35. The van der Waals surface area contributed by atoms with E-state index in [0.29, 0.717) is 6.42 Å². The Kier molecular flexibility index (Phi) is 4.57. The van der Waals surface area contributed by atoms with Crippen molar-refractivity contribution < 1.29 is 4.79 Å². The molecule has 2 aromatic rings. The highest BCUT2D eigenvalue weighted by Crippen LogP contribution is 2.16. The minimum atomic E-state index is 0.0168. The number of anilines is 1. The third-order valence-electron chi connectivity index (χ3n) is 2.62. The Morgan fingerprint density at radius 3 is 3.05 bits per heavy atom. The molecule has 0 unspecified atom stereocenters. The first-order chi connectivity index (χ1) is 9.20. The standard InChI is InChI=1S/C13H16N4OS/c1-10-12(15-13(18)5-7-19-2)9-17(16-10)11-4-3-6-14-8-11/h3-4,6,8-9H,5,7H2,1-2H3,(H,15,18). The third kappa shape index (κ3) is 3.57. The lowest BCUT2D eigenvalue weighted by Crippen LogP contribution is -2.12. The van der Waals surface area contributed by atoms with Crippen molar-refractivity contribution in [3.63, 3.8) is 0 Å². The van der Waals surface area contributed by atoms with Crippen molar-refractivity contribution in [2.75, 3.05) is 17.3 Å². The van der Waals surface area contributed by atoms with Crippen LogP contribution in [0.15, 0.2) is 30.7 Å². The normalized spacial score (nSPS) is 10.4. The van der Waals surface area contributed by atoms with Crippen LogP contribution in [0.5, 0.6) is 0 Å². The highest BCUT2D eigenvalue weighted by molar-refractivity contribution is 7.98. The summed E-state index contributed by atoms with van der Waals surface area (Å²) in [5.41, 5.74) is 2.41. The second kappa shape index (κ2) is 6.38. The van der Waals surface area contributed by atoms with Crippen LogP contribution in [0.1, 0.15) is 12.1 Å². The van der Waals surface area contributed by atoms with Gasteiger partial charge in [0.25, 0.3) is 0 Å². The summed E-state index contributed by atoms with van der Waals surface area (Å²) in [6.07, 6.45) is 7.75. The number of pyridine rings is 1. The van der Waals surface area contributed by atoms with Gasteiger partial charge in [-0.15, -0.1) is 0 Å². The molecule has 0 aliphatic heterocycles. The highest BCUT2D eigenvalue weighted by Gasteiger charge is 2.09. The zero-order valence-electron chi connectivity index (χ0n) is 11.0. The summed E-state index contributed by atoms with van der Waals surface area (Å²) >= 11 is 1.66. The lowest BCUT2D eigenvalue weighted by atomic mass is 10.3. The maximum atomic E-state index is 11.7. The van der Waals surface area contributed by atoms with Gasteiger partial charge in [-0.3, -0.25) is 9.78 Å². The molecule has 0 fully saturated rings. The summed E-state index contributed by atoms with van der Waals surface area (Å²) in [6.45, 7) is 1.87. The summed E-state index contributed by atoms with van der Waals surface area (Å²) in [4.78, 5) is 15.7. The van der Waals surface area contributed by atoms with Gasteiger partial charge in [-0.2, -0.15) is 16.9 Å². The number of aromatic nitrogens is 3. The molecule has 0 aliphatic carbocycles. The predicted octanol–water partition coefficient (Wildman–Crippen LogP) is 2.27. The van der Waals surface area contributed by atoms with Crippen molar-refractivity contribution in [2.24, 2.45) is 0 Å². The van der Waals surface area contributed by atoms with Gasteiger partial charge in [-0.05, 0) is 25.3 Å². The highest BCUT2D eigenvalue weighted by atomic mass is 32.2. The predicted molar refractivity (Wildman–Crippen MR) is 77.7 cm³/mol. The number of carbonyl (C=O) groups excluding carboxylic acids is 1. The molecule has 5 nitrogen and oxygen atoms in total. The van der Waals surface area contributed by atoms with E-state index in [4.69, 9.17) is 0 Å². The molecule has 0 bridgehead atoms. The molecule has 0 aliphatic rings. The second-order valence-electron chi connectivity index (χ2n) is 4.07. The van der Waals surface area contributed by atoms with E-state index in [1.165, 1.54) is 0 Å². The molecule has 0 radical (unpaired) electrons. The van der Waals surface area contributed by atoms with Crippen LogP contribution in [0.25, 0.3) is 5.69 Å². The van der Waals surface area contributed by atoms with E-state index in [1.54, 1.807) is 28.8 Å². The number of rotatable bonds is 5. The Hall–Kier alpha value is -1.82. The molecule has 6 heteroatoms. The fraction of sp³-hybridized carbons (Fsp3) is 0.308. The first-order valence-electron chi connectivity index (χ1n) is 5.96. The van der Waals surface area contributed by atoms with E-state index < -0.39 is 0 Å². The van der Waals surface area contributed by atoms with Crippen molar-refractivity contribution in [1.82, 2.24) is 14.8 Å². The van der Waals surface area contributed by atoms with Gasteiger partial charge in [-0.25, -0.2) is 4.68 Å². The number of aryl methyl sites for hydroxylation is 1. The smallest absolute Gasteiger partial charge is 0.225 e. The van der Waals surface area contributed by atoms with E-state index in [0.717, 1.165) is 22.8 Å². The molecule has 2 aromatic heterocycles. The maximum Gasteiger partial charge on any atom is 0.225 e. The molecule has 0 spiro atoms. The van der Waals surface area contributed by atoms with Crippen LogP contribution in [0.4, 0.5) is 5.69 Å². The van der Waals surface area contributed by atoms with E-state index in [1.807, 2.05) is 31.5 Å². The van der Waals surface area contributed by atoms with Gasteiger partial charge in [0, 0.05) is 18.4 Å². The molecule has 0 saturated heterocycles. The maximum absolute atomic E-state index is 11.7. The second-order valence-corrected chi connectivity index (χ2v) is 5.06. The summed E-state index contributed by atoms with van der Waals surface area (Å²) in [5, 5.41) is 7.25. The molecule has 0 aromatic carbocycles. The van der Waals surface area contributed by atoms with Gasteiger partial charge in [0.05, 0.1) is 29.5 Å². The summed E-state index contributed by atoms with van der Waals surface area (Å²) in [6, 6.07) is 3.77. The SMILES string of the molecule is CSCCC(=O)Nc1cn(-c2cccnc2)nc1C. The summed E-state index contributed by atoms with van der Waals surface area (Å²) in [5.74, 6) is 0.838. The van der Waals surface area contributed by atoms with Crippen molar-refractivity contribution in [3.05, 3.63) is 36.4 Å². The Balaban J connectivity index is 2.11. The van der Waals surface area contributed by atoms with Gasteiger partial charge in [0.2, 0.25) is 5.91 Å². The zero-order valence-corrected chi connectivity index (χ0v) is 11.8. The first kappa shape index (κ1) is 13.6. The number of hydrogen-bond donors (Lipinski definition) is 1. The van der Waals surface area contributed by atoms with Gasteiger partial charge < -0.3 is 5.32 Å². The van der Waals surface area contributed by atoms with Crippen LogP contribution >= 0.6 is 11.8 Å². The summed E-state index contributed by atoms with van der Waals surface area (Å²) in [7, 11) is 0.